The van der Waals surface area contributed by atoms with Gasteiger partial charge in [0.15, 0.2) is 34.7 Å². The van der Waals surface area contributed by atoms with Crippen molar-refractivity contribution in [2.24, 2.45) is 58.8 Å². The van der Waals surface area contributed by atoms with Gasteiger partial charge in [0.05, 0.1) is 36.3 Å². The van der Waals surface area contributed by atoms with E-state index in [-0.39, 0.29) is 107 Å². The van der Waals surface area contributed by atoms with Gasteiger partial charge in [0.2, 0.25) is 0 Å². The minimum atomic E-state index is -0.520. The number of carbonyl (C=O) groups excluding carboxylic acids is 8. The van der Waals surface area contributed by atoms with Gasteiger partial charge in [-0.05, 0) is 73.6 Å². The number of fused-ring (bicyclic) bond motifs is 2. The fourth-order valence-corrected chi connectivity index (χ4v) is 11.0. The number of nitrogens with two attached hydrogens (primary N) is 2. The van der Waals surface area contributed by atoms with Crippen molar-refractivity contribution in [3.8, 4) is 0 Å². The zero-order chi connectivity index (χ0) is 77.4. The van der Waals surface area contributed by atoms with Crippen LogP contribution in [0.3, 0.4) is 0 Å². The lowest BCUT2D eigenvalue weighted by Crippen LogP contribution is -2.46. The highest BCUT2D eigenvalue weighted by atomic mass is 16.2. The highest BCUT2D eigenvalue weighted by Gasteiger charge is 2.28. The van der Waals surface area contributed by atoms with Crippen LogP contribution < -0.4 is 54.0 Å². The maximum absolute atomic E-state index is 12.4. The Morgan fingerprint density at radius 1 is 0.330 bits per heavy atom. The van der Waals surface area contributed by atoms with Crippen molar-refractivity contribution < 1.29 is 38.4 Å². The van der Waals surface area contributed by atoms with E-state index in [1.165, 1.54) is 21.9 Å². The number of hydrogen-bond acceptors (Lipinski definition) is 14. The Morgan fingerprint density at radius 2 is 0.570 bits per heavy atom. The van der Waals surface area contributed by atoms with Crippen molar-refractivity contribution in [3.63, 3.8) is 0 Å². The Kier molecular flexibility index (Phi) is 49.0. The first-order chi connectivity index (χ1) is 46.4. The molecule has 0 fully saturated rings. The highest BCUT2D eigenvalue weighted by molar-refractivity contribution is 5.90. The van der Waals surface area contributed by atoms with Crippen molar-refractivity contribution in [3.05, 3.63) is 72.1 Å². The van der Waals surface area contributed by atoms with Gasteiger partial charge in [-0.25, -0.2) is 9.59 Å². The van der Waals surface area contributed by atoms with Crippen LogP contribution in [-0.4, -0.2) is 142 Å². The fourth-order valence-electron chi connectivity index (χ4n) is 11.0. The monoisotopic (exact) mass is 1400 g/mol. The molecule has 0 bridgehead atoms. The summed E-state index contributed by atoms with van der Waals surface area (Å²) in [5.41, 5.74) is 14.6. The number of ketones is 6. The molecule has 14 N–H and O–H groups in total. The van der Waals surface area contributed by atoms with Gasteiger partial charge in [0, 0.05) is 119 Å². The number of rotatable bonds is 38. The summed E-state index contributed by atoms with van der Waals surface area (Å²) < 4.78 is 0. The summed E-state index contributed by atoms with van der Waals surface area (Å²) in [4.78, 5) is 99.7. The maximum Gasteiger partial charge on any atom is 0.312 e. The molecule has 6 atom stereocenters. The molecule has 0 aliphatic carbocycles. The van der Waals surface area contributed by atoms with Crippen LogP contribution in [0.25, 0.3) is 21.8 Å². The molecule has 0 aliphatic rings. The van der Waals surface area contributed by atoms with E-state index in [4.69, 9.17) is 11.5 Å². The number of aromatic nitrogens is 2. The van der Waals surface area contributed by atoms with Gasteiger partial charge in [0.25, 0.3) is 0 Å². The molecule has 0 saturated carbocycles. The summed E-state index contributed by atoms with van der Waals surface area (Å²) in [5.74, 6) is 2.79. The van der Waals surface area contributed by atoms with Crippen LogP contribution in [0.15, 0.2) is 60.9 Å². The van der Waals surface area contributed by atoms with E-state index in [1.54, 1.807) is 0 Å². The van der Waals surface area contributed by atoms with Crippen molar-refractivity contribution in [2.45, 2.75) is 305 Å². The minimum Gasteiger partial charge on any atom is -0.361 e. The van der Waals surface area contributed by atoms with Gasteiger partial charge in [0.1, 0.15) is 0 Å². The van der Waals surface area contributed by atoms with E-state index in [9.17, 15) is 38.4 Å². The topological polar surface area (TPSA) is 316 Å². The molecule has 0 spiro atoms. The van der Waals surface area contributed by atoms with Crippen LogP contribution in [0, 0.1) is 47.3 Å². The fraction of sp³-hybridized carbons (Fsp3) is 0.700. The Labute approximate surface area is 605 Å². The van der Waals surface area contributed by atoms with Crippen LogP contribution in [0.1, 0.15) is 231 Å². The first kappa shape index (κ1) is 95.9. The lowest BCUT2D eigenvalue weighted by Gasteiger charge is -2.25. The number of amides is 4. The van der Waals surface area contributed by atoms with Crippen molar-refractivity contribution >= 4 is 68.6 Å². The molecule has 4 amide bonds. The first-order valence-corrected chi connectivity index (χ1v) is 37.3. The first-order valence-electron chi connectivity index (χ1n) is 37.3. The second-order valence-corrected chi connectivity index (χ2v) is 30.9. The molecule has 572 valence electrons. The minimum absolute atomic E-state index is 0.0139. The van der Waals surface area contributed by atoms with E-state index in [2.05, 4.69) is 160 Å². The van der Waals surface area contributed by atoms with Crippen molar-refractivity contribution in [1.82, 2.24) is 52.5 Å². The van der Waals surface area contributed by atoms with E-state index >= 15 is 0 Å². The maximum atomic E-state index is 12.4. The van der Waals surface area contributed by atoms with Gasteiger partial charge in [-0.2, -0.15) is 0 Å². The summed E-state index contributed by atoms with van der Waals surface area (Å²) in [6, 6.07) is 16.8. The van der Waals surface area contributed by atoms with Gasteiger partial charge >= 0.3 is 12.1 Å². The SMILES string of the molecule is CC(C)N[C@@H](C(=O)C(C)C)C(C)C.CC(C)N[C@@H](CCCNC(N)=O)C(=O)C(C)C.CC(C)N[C@@H](Cc1c[nH]c2ccccc12)C(=O)C(C)C.CC(C)N[C@H](C(=O)C(C)C)C(C)C.CC(C)N[C@H](CCCNC(N)=O)C(=O)C(C)C.CC(C)N[C@H](Cc1c[nH]c2ccccc12)C(=O)C(C)C. The standard InChI is InChI=1S/2C17H24N2O.2C12H25N3O2.2C11H23NO/c2*1-11(2)17(20)16(19-12(3)4)9-13-10-18-15-8-6-5-7-14(13)15;2*1-8(2)11(16)10(15-9(3)4)6-5-7-14-12(13)17;2*1-7(2)10(12-9(5)6)11(13)8(3)4/h2*5-8,10-12,16,18-19H,9H2,1-4H3;2*8-10,15H,5-7H2,1-4H3,(H3,13,14,17);2*7-10,12H,1-6H3/t2*16-;4*10-/m101010/s1. The number of aromatic amines is 2. The number of nitrogens with one attached hydrogen (secondary N) is 10. The average Bonchev–Trinajstić information content (AvgIpc) is 1.68. The molecule has 4 aromatic rings. The van der Waals surface area contributed by atoms with Crippen LogP contribution in [0.2, 0.25) is 0 Å². The summed E-state index contributed by atoms with van der Waals surface area (Å²) >= 11 is 0. The predicted molar refractivity (Wildman–Crippen MR) is 419 cm³/mol. The molecular formula is C80H144N12O8. The lowest BCUT2D eigenvalue weighted by molar-refractivity contribution is -0.125. The van der Waals surface area contributed by atoms with Gasteiger partial charge in [-0.15, -0.1) is 0 Å². The molecule has 2 aromatic heterocycles. The second-order valence-electron chi connectivity index (χ2n) is 30.9. The second kappa shape index (κ2) is 51.1. The molecule has 2 heterocycles. The van der Waals surface area contributed by atoms with Crippen molar-refractivity contribution in [2.75, 3.05) is 13.1 Å². The highest BCUT2D eigenvalue weighted by Crippen LogP contribution is 2.22. The molecular weight excluding hydrogens is 1260 g/mol. The molecule has 0 unspecified atom stereocenters. The Hall–Kier alpha value is -6.16. The Morgan fingerprint density at radius 3 is 0.800 bits per heavy atom. The quantitative estimate of drug-likeness (QED) is 0.0186. The predicted octanol–water partition coefficient (Wildman–Crippen LogP) is 13.1. The lowest BCUT2D eigenvalue weighted by atomic mass is 9.92. The number of urea groups is 2. The van der Waals surface area contributed by atoms with Gasteiger partial charge < -0.3 is 64.0 Å². The van der Waals surface area contributed by atoms with Crippen molar-refractivity contribution in [1.29, 1.82) is 0 Å². The third-order valence-electron chi connectivity index (χ3n) is 16.0. The number of carbonyl (C=O) groups is 8. The zero-order valence-electron chi connectivity index (χ0n) is 67.4. The van der Waals surface area contributed by atoms with Crippen LogP contribution in [0.4, 0.5) is 9.59 Å². The third-order valence-corrected chi connectivity index (χ3v) is 16.0. The summed E-state index contributed by atoms with van der Waals surface area (Å²) in [7, 11) is 0. The molecule has 20 heteroatoms. The molecule has 100 heavy (non-hydrogen) atoms. The van der Waals surface area contributed by atoms with Crippen LogP contribution >= 0.6 is 0 Å². The normalized spacial score (nSPS) is 13.4. The van der Waals surface area contributed by atoms with Gasteiger partial charge in [-0.1, -0.05) is 230 Å². The van der Waals surface area contributed by atoms with E-state index in [1.807, 2.05) is 147 Å². The number of para-hydroxylation sites is 2. The molecule has 0 radical (unpaired) electrons. The number of primary amides is 2. The summed E-state index contributed by atoms with van der Waals surface area (Å²) in [6.07, 6.45) is 8.43. The number of Topliss-reactive ketones (excluding diaryl/α,β-unsaturated/α-hetero) is 6. The Balaban J connectivity index is 0. The van der Waals surface area contributed by atoms with Crippen LogP contribution in [-0.2, 0) is 41.6 Å². The van der Waals surface area contributed by atoms with Crippen LogP contribution in [0.5, 0.6) is 0 Å². The molecule has 2 aromatic carbocycles. The average molecular weight is 1400 g/mol. The number of H-pyrrole nitrogens is 2. The van der Waals surface area contributed by atoms with Gasteiger partial charge in [-0.3, -0.25) is 28.8 Å². The zero-order valence-corrected chi connectivity index (χ0v) is 67.4. The van der Waals surface area contributed by atoms with E-state index < -0.39 is 12.1 Å². The largest absolute Gasteiger partial charge is 0.361 e. The number of benzene rings is 2. The Bertz CT molecular complexity index is 2760. The summed E-state index contributed by atoms with van der Waals surface area (Å²) in [5, 5.41) is 27.4. The smallest absolute Gasteiger partial charge is 0.312 e. The third kappa shape index (κ3) is 41.1. The number of hydrogen-bond donors (Lipinski definition) is 12. The molecule has 0 saturated heterocycles. The van der Waals surface area contributed by atoms with E-state index in [0.29, 0.717) is 60.7 Å². The van der Waals surface area contributed by atoms with E-state index in [0.717, 1.165) is 49.6 Å². The molecule has 4 rings (SSSR count). The molecule has 20 nitrogen and oxygen atoms in total. The summed E-state index contributed by atoms with van der Waals surface area (Å²) in [6.45, 7) is 57.3. The molecule has 0 aliphatic heterocycles.